The van der Waals surface area contributed by atoms with Gasteiger partial charge in [0.25, 0.3) is 0 Å². The van der Waals surface area contributed by atoms with Crippen LogP contribution in [0.4, 0.5) is 0 Å². The molecule has 0 aromatic carbocycles. The van der Waals surface area contributed by atoms with Gasteiger partial charge in [0.1, 0.15) is 0 Å². The average Bonchev–Trinajstić information content (AvgIpc) is 2.74. The Bertz CT molecular complexity index is 606. The van der Waals surface area contributed by atoms with Gasteiger partial charge < -0.3 is 5.32 Å². The molecular weight excluding hydrogens is 284 g/mol. The third kappa shape index (κ3) is 3.44. The first-order chi connectivity index (χ1) is 10.1. The molecule has 0 aliphatic rings. The van der Waals surface area contributed by atoms with Crippen molar-refractivity contribution < 1.29 is 0 Å². The highest BCUT2D eigenvalue weighted by Crippen LogP contribution is 2.26. The number of pyridine rings is 1. The van der Waals surface area contributed by atoms with Gasteiger partial charge in [0, 0.05) is 19.7 Å². The van der Waals surface area contributed by atoms with Crippen molar-refractivity contribution in [3.8, 4) is 0 Å². The molecule has 0 aliphatic carbocycles. The summed E-state index contributed by atoms with van der Waals surface area (Å²) < 4.78 is 1.89. The second-order valence-corrected chi connectivity index (χ2v) is 5.58. The van der Waals surface area contributed by atoms with Gasteiger partial charge >= 0.3 is 0 Å². The van der Waals surface area contributed by atoms with E-state index in [2.05, 4.69) is 42.2 Å². The molecule has 0 radical (unpaired) electrons. The summed E-state index contributed by atoms with van der Waals surface area (Å²) in [6.45, 7) is 7.15. The first-order valence-corrected chi connectivity index (χ1v) is 7.81. The van der Waals surface area contributed by atoms with Crippen molar-refractivity contribution in [1.29, 1.82) is 0 Å². The number of halogens is 1. The average molecular weight is 307 g/mol. The fraction of sp³-hybridized carbons (Fsp3) is 0.500. The summed E-state index contributed by atoms with van der Waals surface area (Å²) in [6, 6.07) is 4.21. The first kappa shape index (κ1) is 16.0. The number of rotatable bonds is 6. The molecule has 114 valence electrons. The maximum atomic E-state index is 6.47. The minimum absolute atomic E-state index is 0.147. The van der Waals surface area contributed by atoms with Gasteiger partial charge in [0.05, 0.1) is 28.1 Å². The summed E-state index contributed by atoms with van der Waals surface area (Å²) in [7, 11) is 1.95. The minimum atomic E-state index is 0.147. The van der Waals surface area contributed by atoms with Crippen molar-refractivity contribution in [3.63, 3.8) is 0 Å². The molecule has 0 fully saturated rings. The maximum Gasteiger partial charge on any atom is 0.0850 e. The van der Waals surface area contributed by atoms with Gasteiger partial charge in [-0.25, -0.2) is 0 Å². The number of hydrogen-bond donors (Lipinski definition) is 1. The van der Waals surface area contributed by atoms with Crippen LogP contribution in [-0.2, 0) is 19.9 Å². The predicted octanol–water partition coefficient (Wildman–Crippen LogP) is 3.23. The van der Waals surface area contributed by atoms with Gasteiger partial charge in [0.15, 0.2) is 0 Å². The standard InChI is InChI=1S/C16H23ClN4/c1-5-12-15(17)14(21(4)20-12)10-13(18-6-2)16-11(3)8-7-9-19-16/h7-9,13,18H,5-6,10H2,1-4H3. The van der Waals surface area contributed by atoms with E-state index in [0.29, 0.717) is 0 Å². The van der Waals surface area contributed by atoms with Crippen molar-refractivity contribution in [2.24, 2.45) is 7.05 Å². The zero-order valence-corrected chi connectivity index (χ0v) is 13.9. The second kappa shape index (κ2) is 7.05. The molecule has 2 heterocycles. The Kier molecular flexibility index (Phi) is 5.37. The fourth-order valence-electron chi connectivity index (χ4n) is 2.61. The zero-order chi connectivity index (χ0) is 15.4. The SMILES string of the molecule is CCNC(Cc1c(Cl)c(CC)nn1C)c1ncccc1C. The molecule has 1 N–H and O–H groups in total. The van der Waals surface area contributed by atoms with Gasteiger partial charge in [-0.1, -0.05) is 31.5 Å². The van der Waals surface area contributed by atoms with Crippen LogP contribution >= 0.6 is 11.6 Å². The number of nitrogens with one attached hydrogen (secondary N) is 1. The van der Waals surface area contributed by atoms with Crippen molar-refractivity contribution >= 4 is 11.6 Å². The number of hydrogen-bond acceptors (Lipinski definition) is 3. The van der Waals surface area contributed by atoms with Crippen LogP contribution < -0.4 is 5.32 Å². The molecule has 0 bridgehead atoms. The summed E-state index contributed by atoms with van der Waals surface area (Å²) in [5.74, 6) is 0. The number of likely N-dealkylation sites (N-methyl/N-ethyl adjacent to an activating group) is 1. The summed E-state index contributed by atoms with van der Waals surface area (Å²) in [5, 5.41) is 8.79. The molecule has 0 aliphatic heterocycles. The monoisotopic (exact) mass is 306 g/mol. The fourth-order valence-corrected chi connectivity index (χ4v) is 2.98. The molecule has 5 heteroatoms. The molecule has 1 unspecified atom stereocenters. The van der Waals surface area contributed by atoms with Crippen molar-refractivity contribution in [1.82, 2.24) is 20.1 Å². The normalized spacial score (nSPS) is 12.6. The molecule has 0 saturated heterocycles. The van der Waals surface area contributed by atoms with Crippen molar-refractivity contribution in [3.05, 3.63) is 46.0 Å². The van der Waals surface area contributed by atoms with Crippen LogP contribution in [0.25, 0.3) is 0 Å². The Labute approximate surface area is 131 Å². The van der Waals surface area contributed by atoms with Crippen LogP contribution in [0.3, 0.4) is 0 Å². The molecule has 21 heavy (non-hydrogen) atoms. The Morgan fingerprint density at radius 2 is 2.14 bits per heavy atom. The summed E-state index contributed by atoms with van der Waals surface area (Å²) in [4.78, 5) is 4.54. The second-order valence-electron chi connectivity index (χ2n) is 5.20. The van der Waals surface area contributed by atoms with E-state index in [4.69, 9.17) is 11.6 Å². The molecule has 4 nitrogen and oxygen atoms in total. The molecule has 2 aromatic heterocycles. The van der Waals surface area contributed by atoms with Crippen LogP contribution in [0.5, 0.6) is 0 Å². The summed E-state index contributed by atoms with van der Waals surface area (Å²) in [5.41, 5.74) is 4.29. The largest absolute Gasteiger partial charge is 0.309 e. The van der Waals surface area contributed by atoms with Crippen LogP contribution in [0, 0.1) is 6.92 Å². The van der Waals surface area contributed by atoms with E-state index < -0.39 is 0 Å². The highest BCUT2D eigenvalue weighted by atomic mass is 35.5. The van der Waals surface area contributed by atoms with E-state index in [9.17, 15) is 0 Å². The number of aromatic nitrogens is 3. The quantitative estimate of drug-likeness (QED) is 0.891. The van der Waals surface area contributed by atoms with Gasteiger partial charge in [-0.05, 0) is 31.5 Å². The minimum Gasteiger partial charge on any atom is -0.309 e. The van der Waals surface area contributed by atoms with E-state index in [0.717, 1.165) is 41.5 Å². The van der Waals surface area contributed by atoms with E-state index in [1.807, 2.05) is 24.0 Å². The van der Waals surface area contributed by atoms with E-state index in [1.165, 1.54) is 5.56 Å². The molecule has 0 amide bonds. The summed E-state index contributed by atoms with van der Waals surface area (Å²) >= 11 is 6.47. The lowest BCUT2D eigenvalue weighted by molar-refractivity contribution is 0.515. The first-order valence-electron chi connectivity index (χ1n) is 7.43. The van der Waals surface area contributed by atoms with Gasteiger partial charge in [-0.2, -0.15) is 5.10 Å². The highest BCUT2D eigenvalue weighted by molar-refractivity contribution is 6.31. The lowest BCUT2D eigenvalue weighted by Crippen LogP contribution is -2.25. The van der Waals surface area contributed by atoms with Crippen molar-refractivity contribution in [2.75, 3.05) is 6.54 Å². The van der Waals surface area contributed by atoms with Crippen LogP contribution in [0.1, 0.15) is 42.5 Å². The van der Waals surface area contributed by atoms with Gasteiger partial charge in [-0.3, -0.25) is 9.67 Å². The maximum absolute atomic E-state index is 6.47. The third-order valence-corrected chi connectivity index (χ3v) is 4.17. The zero-order valence-electron chi connectivity index (χ0n) is 13.2. The summed E-state index contributed by atoms with van der Waals surface area (Å²) in [6.07, 6.45) is 3.48. The van der Waals surface area contributed by atoms with Gasteiger partial charge in [0.2, 0.25) is 0 Å². The van der Waals surface area contributed by atoms with Crippen LogP contribution in [0.2, 0.25) is 5.02 Å². The number of aryl methyl sites for hydroxylation is 3. The Hall–Kier alpha value is -1.39. The van der Waals surface area contributed by atoms with E-state index >= 15 is 0 Å². The Morgan fingerprint density at radius 3 is 2.71 bits per heavy atom. The molecule has 1 atom stereocenters. The number of nitrogens with zero attached hydrogens (tertiary/aromatic N) is 3. The predicted molar refractivity (Wildman–Crippen MR) is 86.7 cm³/mol. The van der Waals surface area contributed by atoms with Crippen LogP contribution in [-0.4, -0.2) is 21.3 Å². The third-order valence-electron chi connectivity index (χ3n) is 3.73. The molecule has 0 spiro atoms. The van der Waals surface area contributed by atoms with Crippen molar-refractivity contribution in [2.45, 2.75) is 39.7 Å². The lowest BCUT2D eigenvalue weighted by Gasteiger charge is -2.19. The smallest absolute Gasteiger partial charge is 0.0850 e. The van der Waals surface area contributed by atoms with E-state index in [-0.39, 0.29) is 6.04 Å². The molecular formula is C16H23ClN4. The molecule has 0 saturated carbocycles. The lowest BCUT2D eigenvalue weighted by atomic mass is 10.0. The van der Waals surface area contributed by atoms with Crippen LogP contribution in [0.15, 0.2) is 18.3 Å². The van der Waals surface area contributed by atoms with E-state index in [1.54, 1.807) is 0 Å². The Morgan fingerprint density at radius 1 is 1.38 bits per heavy atom. The topological polar surface area (TPSA) is 42.7 Å². The Balaban J connectivity index is 2.33. The van der Waals surface area contributed by atoms with Gasteiger partial charge in [-0.15, -0.1) is 0 Å². The molecule has 2 aromatic rings. The molecule has 2 rings (SSSR count). The highest BCUT2D eigenvalue weighted by Gasteiger charge is 2.20.